The molecule has 26 heavy (non-hydrogen) atoms. The van der Waals surface area contributed by atoms with Crippen LogP contribution in [-0.4, -0.2) is 32.3 Å². The Bertz CT molecular complexity index is 989. The molecule has 0 radical (unpaired) electrons. The van der Waals surface area contributed by atoms with E-state index in [4.69, 9.17) is 4.42 Å². The van der Waals surface area contributed by atoms with Gasteiger partial charge in [-0.25, -0.2) is 18.7 Å². The van der Waals surface area contributed by atoms with Gasteiger partial charge in [-0.1, -0.05) is 0 Å². The van der Waals surface area contributed by atoms with Crippen LogP contribution in [0.15, 0.2) is 22.6 Å². The Morgan fingerprint density at radius 1 is 1.19 bits per heavy atom. The SMILES string of the molecule is Cc1nc(C(=O)N2CCc3oc(-c4cc(F)cc(F)c4)nc3C2)c(C)[nH]1. The molecule has 1 aliphatic rings. The molecule has 134 valence electrons. The fraction of sp³-hybridized carbons (Fsp3) is 0.278. The molecule has 0 aliphatic carbocycles. The third kappa shape index (κ3) is 2.87. The summed E-state index contributed by atoms with van der Waals surface area (Å²) < 4.78 is 32.5. The quantitative estimate of drug-likeness (QED) is 0.764. The van der Waals surface area contributed by atoms with Gasteiger partial charge in [-0.15, -0.1) is 0 Å². The topological polar surface area (TPSA) is 75.0 Å². The molecule has 1 amide bonds. The van der Waals surface area contributed by atoms with E-state index in [1.807, 2.05) is 0 Å². The van der Waals surface area contributed by atoms with Crippen molar-refractivity contribution in [3.05, 3.63) is 58.5 Å². The summed E-state index contributed by atoms with van der Waals surface area (Å²) in [4.78, 5) is 25.9. The molecule has 0 fully saturated rings. The molecule has 0 bridgehead atoms. The first-order valence-corrected chi connectivity index (χ1v) is 8.18. The van der Waals surface area contributed by atoms with Crippen molar-refractivity contribution in [1.29, 1.82) is 0 Å². The summed E-state index contributed by atoms with van der Waals surface area (Å²) in [6.07, 6.45) is 0.480. The van der Waals surface area contributed by atoms with E-state index >= 15 is 0 Å². The lowest BCUT2D eigenvalue weighted by Gasteiger charge is -2.24. The highest BCUT2D eigenvalue weighted by Gasteiger charge is 2.28. The van der Waals surface area contributed by atoms with E-state index in [1.54, 1.807) is 18.7 Å². The second-order valence-electron chi connectivity index (χ2n) is 6.32. The molecule has 2 aromatic heterocycles. The molecular weight excluding hydrogens is 342 g/mol. The lowest BCUT2D eigenvalue weighted by atomic mass is 10.1. The minimum Gasteiger partial charge on any atom is -0.441 e. The number of amides is 1. The summed E-state index contributed by atoms with van der Waals surface area (Å²) in [6, 6.07) is 3.12. The van der Waals surface area contributed by atoms with E-state index in [0.717, 1.165) is 11.8 Å². The van der Waals surface area contributed by atoms with E-state index in [1.165, 1.54) is 12.1 Å². The molecule has 1 aliphatic heterocycles. The summed E-state index contributed by atoms with van der Waals surface area (Å²) in [7, 11) is 0. The summed E-state index contributed by atoms with van der Waals surface area (Å²) >= 11 is 0. The number of rotatable bonds is 2. The van der Waals surface area contributed by atoms with Crippen LogP contribution in [0, 0.1) is 25.5 Å². The third-order valence-corrected chi connectivity index (χ3v) is 4.33. The first kappa shape index (κ1) is 16.4. The molecular formula is C18H16F2N4O2. The number of H-pyrrole nitrogens is 1. The minimum atomic E-state index is -0.697. The number of carbonyl (C=O) groups is 1. The maximum atomic E-state index is 13.4. The Kier molecular flexibility index (Phi) is 3.82. The summed E-state index contributed by atoms with van der Waals surface area (Å²) in [5.41, 5.74) is 1.93. The fourth-order valence-corrected chi connectivity index (χ4v) is 3.14. The van der Waals surface area contributed by atoms with E-state index in [-0.39, 0.29) is 23.9 Å². The predicted octanol–water partition coefficient (Wildman–Crippen LogP) is 3.16. The van der Waals surface area contributed by atoms with Gasteiger partial charge in [0.1, 0.15) is 34.6 Å². The van der Waals surface area contributed by atoms with Crippen LogP contribution in [-0.2, 0) is 13.0 Å². The summed E-state index contributed by atoms with van der Waals surface area (Å²) in [6.45, 7) is 4.32. The van der Waals surface area contributed by atoms with Crippen LogP contribution in [0.1, 0.15) is 33.5 Å². The molecule has 1 N–H and O–H groups in total. The van der Waals surface area contributed by atoms with Crippen LogP contribution in [0.5, 0.6) is 0 Å². The van der Waals surface area contributed by atoms with Crippen LogP contribution in [0.4, 0.5) is 8.78 Å². The van der Waals surface area contributed by atoms with Crippen molar-refractivity contribution in [2.75, 3.05) is 6.54 Å². The van der Waals surface area contributed by atoms with Gasteiger partial charge in [0, 0.05) is 30.3 Å². The Morgan fingerprint density at radius 3 is 2.58 bits per heavy atom. The molecule has 0 spiro atoms. The van der Waals surface area contributed by atoms with Gasteiger partial charge in [0.2, 0.25) is 5.89 Å². The second-order valence-corrected chi connectivity index (χ2v) is 6.32. The molecule has 6 nitrogen and oxygen atoms in total. The number of aryl methyl sites for hydroxylation is 2. The van der Waals surface area contributed by atoms with Gasteiger partial charge in [0.05, 0.1) is 6.54 Å². The average Bonchev–Trinajstić information content (AvgIpc) is 3.15. The number of nitrogens with one attached hydrogen (secondary N) is 1. The maximum absolute atomic E-state index is 13.4. The van der Waals surface area contributed by atoms with Crippen molar-refractivity contribution < 1.29 is 18.0 Å². The van der Waals surface area contributed by atoms with Crippen molar-refractivity contribution in [2.24, 2.45) is 0 Å². The van der Waals surface area contributed by atoms with Gasteiger partial charge in [-0.3, -0.25) is 4.79 Å². The lowest BCUT2D eigenvalue weighted by Crippen LogP contribution is -2.36. The molecule has 3 heterocycles. The van der Waals surface area contributed by atoms with Gasteiger partial charge < -0.3 is 14.3 Å². The second kappa shape index (κ2) is 6.05. The van der Waals surface area contributed by atoms with E-state index in [2.05, 4.69) is 15.0 Å². The zero-order valence-electron chi connectivity index (χ0n) is 14.3. The number of hydrogen-bond donors (Lipinski definition) is 1. The van der Waals surface area contributed by atoms with Crippen molar-refractivity contribution in [2.45, 2.75) is 26.8 Å². The Morgan fingerprint density at radius 2 is 1.92 bits per heavy atom. The number of hydrogen-bond acceptors (Lipinski definition) is 4. The number of nitrogens with zero attached hydrogens (tertiary/aromatic N) is 3. The van der Waals surface area contributed by atoms with Crippen molar-refractivity contribution in [3.8, 4) is 11.5 Å². The first-order chi connectivity index (χ1) is 12.4. The number of benzene rings is 1. The number of imidazole rings is 1. The van der Waals surface area contributed by atoms with Crippen LogP contribution in [0.25, 0.3) is 11.5 Å². The summed E-state index contributed by atoms with van der Waals surface area (Å²) in [5, 5.41) is 0. The normalized spacial score (nSPS) is 13.8. The highest BCUT2D eigenvalue weighted by atomic mass is 19.1. The predicted molar refractivity (Wildman–Crippen MR) is 88.4 cm³/mol. The molecule has 0 saturated heterocycles. The monoisotopic (exact) mass is 358 g/mol. The van der Waals surface area contributed by atoms with Gasteiger partial charge in [0.15, 0.2) is 0 Å². The molecule has 4 rings (SSSR count). The van der Waals surface area contributed by atoms with Crippen molar-refractivity contribution >= 4 is 5.91 Å². The van der Waals surface area contributed by atoms with Gasteiger partial charge in [-0.2, -0.15) is 0 Å². The number of aromatic nitrogens is 3. The molecule has 8 heteroatoms. The Labute approximate surface area is 147 Å². The zero-order chi connectivity index (χ0) is 18.4. The number of carbonyl (C=O) groups excluding carboxylic acids is 1. The zero-order valence-corrected chi connectivity index (χ0v) is 14.3. The number of oxazole rings is 1. The molecule has 0 unspecified atom stereocenters. The van der Waals surface area contributed by atoms with E-state index in [0.29, 0.717) is 35.9 Å². The number of aromatic amines is 1. The van der Waals surface area contributed by atoms with Gasteiger partial charge in [0.25, 0.3) is 5.91 Å². The van der Waals surface area contributed by atoms with E-state index < -0.39 is 11.6 Å². The standard InChI is InChI=1S/C18H16F2N4O2/c1-9-16(22-10(2)21-9)18(25)24-4-3-15-14(8-24)23-17(26-15)11-5-12(19)7-13(20)6-11/h5-7H,3-4,8H2,1-2H3,(H,21,22). The number of fused-ring (bicyclic) bond motifs is 1. The largest absolute Gasteiger partial charge is 0.441 e. The van der Waals surface area contributed by atoms with Gasteiger partial charge in [-0.05, 0) is 26.0 Å². The first-order valence-electron chi connectivity index (χ1n) is 8.18. The molecule has 1 aromatic carbocycles. The van der Waals surface area contributed by atoms with Gasteiger partial charge >= 0.3 is 0 Å². The smallest absolute Gasteiger partial charge is 0.274 e. The van der Waals surface area contributed by atoms with E-state index in [9.17, 15) is 13.6 Å². The van der Waals surface area contributed by atoms with Crippen LogP contribution < -0.4 is 0 Å². The van der Waals surface area contributed by atoms with Crippen molar-refractivity contribution in [1.82, 2.24) is 19.9 Å². The Balaban J connectivity index is 1.60. The average molecular weight is 358 g/mol. The fourth-order valence-electron chi connectivity index (χ4n) is 3.14. The maximum Gasteiger partial charge on any atom is 0.274 e. The lowest BCUT2D eigenvalue weighted by molar-refractivity contribution is 0.0721. The van der Waals surface area contributed by atoms with Crippen LogP contribution in [0.3, 0.4) is 0 Å². The third-order valence-electron chi connectivity index (χ3n) is 4.33. The molecule has 0 atom stereocenters. The molecule has 3 aromatic rings. The van der Waals surface area contributed by atoms with Crippen molar-refractivity contribution in [3.63, 3.8) is 0 Å². The Hall–Kier alpha value is -3.03. The minimum absolute atomic E-state index is 0.148. The molecule has 0 saturated carbocycles. The highest BCUT2D eigenvalue weighted by Crippen LogP contribution is 2.28. The summed E-state index contributed by atoms with van der Waals surface area (Å²) in [5.74, 6) is -0.118. The van der Waals surface area contributed by atoms with Crippen LogP contribution in [0.2, 0.25) is 0 Å². The number of halogens is 2. The highest BCUT2D eigenvalue weighted by molar-refractivity contribution is 5.93. The van der Waals surface area contributed by atoms with Crippen LogP contribution >= 0.6 is 0 Å².